The molecule has 0 bridgehead atoms. The molecule has 1 aromatic carbocycles. The van der Waals surface area contributed by atoms with Gasteiger partial charge in [0.25, 0.3) is 0 Å². The van der Waals surface area contributed by atoms with Crippen molar-refractivity contribution in [3.63, 3.8) is 0 Å². The van der Waals surface area contributed by atoms with E-state index in [4.69, 9.17) is 4.74 Å². The Morgan fingerprint density at radius 3 is 2.63 bits per heavy atom. The third-order valence-electron chi connectivity index (χ3n) is 4.95. The number of carbonyl (C=O) groups is 1. The maximum absolute atomic E-state index is 12.2. The molecule has 0 aliphatic heterocycles. The molecule has 104 valence electrons. The fourth-order valence-corrected chi connectivity index (χ4v) is 3.42. The van der Waals surface area contributed by atoms with Gasteiger partial charge in [-0.3, -0.25) is 4.79 Å². The van der Waals surface area contributed by atoms with Gasteiger partial charge in [-0.1, -0.05) is 31.0 Å². The summed E-state index contributed by atoms with van der Waals surface area (Å²) < 4.78 is 5.00. The van der Waals surface area contributed by atoms with Gasteiger partial charge in [-0.25, -0.2) is 0 Å². The number of benzene rings is 1. The average molecular weight is 262 g/mol. The highest BCUT2D eigenvalue weighted by Gasteiger charge is 2.55. The molecule has 1 aliphatic carbocycles. The number of hydrogen-bond acceptors (Lipinski definition) is 3. The standard InChI is InChI=1S/C16H22O3/c1-11-6-7-13(17)12(10-11)15(2)8-5-9-16(15,3)14(18)19-4/h6-7,10,17H,5,8-9H2,1-4H3/t15-,16+/m1/s1. The highest BCUT2D eigenvalue weighted by Crippen LogP contribution is 2.56. The zero-order chi connectivity index (χ0) is 14.3. The molecule has 1 aromatic rings. The molecule has 0 radical (unpaired) electrons. The number of aromatic hydroxyl groups is 1. The summed E-state index contributed by atoms with van der Waals surface area (Å²) in [5.41, 5.74) is 0.995. The number of ether oxygens (including phenoxy) is 1. The quantitative estimate of drug-likeness (QED) is 0.832. The van der Waals surface area contributed by atoms with Crippen LogP contribution in [0.5, 0.6) is 5.75 Å². The van der Waals surface area contributed by atoms with Gasteiger partial charge in [0.05, 0.1) is 12.5 Å². The second-order valence-corrected chi connectivity index (χ2v) is 6.03. The Balaban J connectivity index is 2.57. The SMILES string of the molecule is COC(=O)[C@]1(C)CCC[C@]1(C)c1cc(C)ccc1O. The van der Waals surface area contributed by atoms with Gasteiger partial charge in [0.15, 0.2) is 0 Å². The zero-order valence-corrected chi connectivity index (χ0v) is 12.1. The van der Waals surface area contributed by atoms with E-state index in [0.29, 0.717) is 0 Å². The highest BCUT2D eigenvalue weighted by atomic mass is 16.5. The van der Waals surface area contributed by atoms with E-state index in [1.165, 1.54) is 7.11 Å². The minimum Gasteiger partial charge on any atom is -0.508 e. The summed E-state index contributed by atoms with van der Waals surface area (Å²) in [5.74, 6) is 0.0820. The van der Waals surface area contributed by atoms with Crippen LogP contribution in [0.25, 0.3) is 0 Å². The number of phenolic OH excluding ortho intramolecular Hbond substituents is 1. The lowest BCUT2D eigenvalue weighted by Gasteiger charge is -2.39. The van der Waals surface area contributed by atoms with Gasteiger partial charge >= 0.3 is 5.97 Å². The van der Waals surface area contributed by atoms with Gasteiger partial charge in [-0.2, -0.15) is 0 Å². The lowest BCUT2D eigenvalue weighted by molar-refractivity contribution is -0.154. The van der Waals surface area contributed by atoms with Crippen LogP contribution in [0.2, 0.25) is 0 Å². The number of rotatable bonds is 2. The first-order valence-electron chi connectivity index (χ1n) is 6.74. The molecule has 3 heteroatoms. The number of hydrogen-bond donors (Lipinski definition) is 1. The molecule has 0 amide bonds. The topological polar surface area (TPSA) is 46.5 Å². The van der Waals surface area contributed by atoms with Crippen molar-refractivity contribution in [2.45, 2.75) is 45.4 Å². The normalized spacial score (nSPS) is 30.3. The van der Waals surface area contributed by atoms with Crippen molar-refractivity contribution >= 4 is 5.97 Å². The summed E-state index contributed by atoms with van der Waals surface area (Å²) in [5, 5.41) is 10.2. The molecule has 3 nitrogen and oxygen atoms in total. The summed E-state index contributed by atoms with van der Waals surface area (Å²) in [6, 6.07) is 5.58. The molecule has 19 heavy (non-hydrogen) atoms. The maximum atomic E-state index is 12.2. The van der Waals surface area contributed by atoms with Gasteiger partial charge in [-0.15, -0.1) is 0 Å². The summed E-state index contributed by atoms with van der Waals surface area (Å²) in [6.45, 7) is 6.01. The minimum absolute atomic E-state index is 0.187. The van der Waals surface area contributed by atoms with Crippen LogP contribution in [-0.2, 0) is 14.9 Å². The Hall–Kier alpha value is -1.51. The van der Waals surface area contributed by atoms with E-state index in [1.807, 2.05) is 26.0 Å². The molecule has 2 atom stereocenters. The Kier molecular flexibility index (Phi) is 3.33. The lowest BCUT2D eigenvalue weighted by Crippen LogP contribution is -2.43. The fraction of sp³-hybridized carbons (Fsp3) is 0.562. The van der Waals surface area contributed by atoms with E-state index >= 15 is 0 Å². The van der Waals surface area contributed by atoms with E-state index in [-0.39, 0.29) is 17.1 Å². The average Bonchev–Trinajstić information content (AvgIpc) is 2.69. The molecule has 0 saturated heterocycles. The molecule has 1 saturated carbocycles. The summed E-state index contributed by atoms with van der Waals surface area (Å²) in [4.78, 5) is 12.2. The van der Waals surface area contributed by atoms with Crippen LogP contribution < -0.4 is 0 Å². The van der Waals surface area contributed by atoms with Crippen molar-refractivity contribution < 1.29 is 14.6 Å². The number of methoxy groups -OCH3 is 1. The molecular weight excluding hydrogens is 240 g/mol. The number of phenols is 1. The second kappa shape index (κ2) is 4.55. The van der Waals surface area contributed by atoms with E-state index < -0.39 is 5.41 Å². The highest BCUT2D eigenvalue weighted by molar-refractivity contribution is 5.79. The third kappa shape index (κ3) is 1.92. The fourth-order valence-electron chi connectivity index (χ4n) is 3.42. The van der Waals surface area contributed by atoms with Gasteiger partial charge in [-0.05, 0) is 32.8 Å². The lowest BCUT2D eigenvalue weighted by atomic mass is 9.63. The molecule has 0 spiro atoms. The van der Waals surface area contributed by atoms with Crippen LogP contribution >= 0.6 is 0 Å². The number of esters is 1. The van der Waals surface area contributed by atoms with Crippen LogP contribution in [0.15, 0.2) is 18.2 Å². The van der Waals surface area contributed by atoms with Gasteiger partial charge in [0.2, 0.25) is 0 Å². The Bertz CT molecular complexity index is 509. The monoisotopic (exact) mass is 262 g/mol. The molecule has 1 aliphatic rings. The molecule has 2 rings (SSSR count). The molecule has 0 aromatic heterocycles. The Morgan fingerprint density at radius 1 is 1.32 bits per heavy atom. The summed E-state index contributed by atoms with van der Waals surface area (Å²) >= 11 is 0. The van der Waals surface area contributed by atoms with Crippen molar-refractivity contribution in [1.29, 1.82) is 0 Å². The predicted molar refractivity (Wildman–Crippen MR) is 74.2 cm³/mol. The van der Waals surface area contributed by atoms with Gasteiger partial charge in [0, 0.05) is 11.0 Å². The van der Waals surface area contributed by atoms with Crippen LogP contribution in [-0.4, -0.2) is 18.2 Å². The second-order valence-electron chi connectivity index (χ2n) is 6.03. The number of aryl methyl sites for hydroxylation is 1. The Morgan fingerprint density at radius 2 is 2.00 bits per heavy atom. The van der Waals surface area contributed by atoms with Gasteiger partial charge in [0.1, 0.15) is 5.75 Å². The van der Waals surface area contributed by atoms with Crippen LogP contribution in [0.3, 0.4) is 0 Å². The molecule has 0 heterocycles. The molecular formula is C16H22O3. The largest absolute Gasteiger partial charge is 0.508 e. The van der Waals surface area contributed by atoms with E-state index in [0.717, 1.165) is 30.4 Å². The first-order valence-corrected chi connectivity index (χ1v) is 6.74. The summed E-state index contributed by atoms with van der Waals surface area (Å²) in [7, 11) is 1.43. The molecule has 1 fully saturated rings. The minimum atomic E-state index is -0.576. The predicted octanol–water partition coefficient (Wildman–Crippen LogP) is 3.32. The summed E-state index contributed by atoms with van der Waals surface area (Å²) in [6.07, 6.45) is 2.65. The van der Waals surface area contributed by atoms with E-state index in [1.54, 1.807) is 6.07 Å². The van der Waals surface area contributed by atoms with Gasteiger partial charge < -0.3 is 9.84 Å². The first-order chi connectivity index (χ1) is 8.85. The van der Waals surface area contributed by atoms with Crippen molar-refractivity contribution in [1.82, 2.24) is 0 Å². The third-order valence-corrected chi connectivity index (χ3v) is 4.95. The first kappa shape index (κ1) is 13.9. The molecule has 0 unspecified atom stereocenters. The Labute approximate surface area is 114 Å². The van der Waals surface area contributed by atoms with Crippen molar-refractivity contribution in [2.75, 3.05) is 7.11 Å². The van der Waals surface area contributed by atoms with Crippen molar-refractivity contribution in [2.24, 2.45) is 5.41 Å². The van der Waals surface area contributed by atoms with E-state index in [2.05, 4.69) is 6.92 Å². The number of carbonyl (C=O) groups excluding carboxylic acids is 1. The van der Waals surface area contributed by atoms with Crippen LogP contribution in [0.4, 0.5) is 0 Å². The van der Waals surface area contributed by atoms with Crippen LogP contribution in [0.1, 0.15) is 44.2 Å². The zero-order valence-electron chi connectivity index (χ0n) is 12.1. The van der Waals surface area contributed by atoms with Crippen molar-refractivity contribution in [3.8, 4) is 5.75 Å². The maximum Gasteiger partial charge on any atom is 0.312 e. The molecule has 1 N–H and O–H groups in total. The van der Waals surface area contributed by atoms with Crippen molar-refractivity contribution in [3.05, 3.63) is 29.3 Å². The smallest absolute Gasteiger partial charge is 0.312 e. The van der Waals surface area contributed by atoms with Crippen LogP contribution in [0, 0.1) is 12.3 Å². The van der Waals surface area contributed by atoms with E-state index in [9.17, 15) is 9.90 Å².